The Balaban J connectivity index is 1.33. The van der Waals surface area contributed by atoms with E-state index in [0.29, 0.717) is 11.7 Å². The first-order valence-corrected chi connectivity index (χ1v) is 10.2. The van der Waals surface area contributed by atoms with Gasteiger partial charge in [-0.2, -0.15) is 5.43 Å². The molecule has 0 bridgehead atoms. The van der Waals surface area contributed by atoms with Gasteiger partial charge >= 0.3 is 0 Å². The summed E-state index contributed by atoms with van der Waals surface area (Å²) in [5, 5.41) is 1.78. The fourth-order valence-corrected chi connectivity index (χ4v) is 4.34. The topological polar surface area (TPSA) is 87.7 Å². The molecule has 0 spiro atoms. The van der Waals surface area contributed by atoms with Gasteiger partial charge in [-0.05, 0) is 48.2 Å². The van der Waals surface area contributed by atoms with E-state index in [4.69, 9.17) is 20.2 Å². The third kappa shape index (κ3) is 3.28. The summed E-state index contributed by atoms with van der Waals surface area (Å²) in [5.74, 6) is 2.79. The minimum absolute atomic E-state index is 0.0818. The predicted octanol–water partition coefficient (Wildman–Crippen LogP) is 1.66. The number of fused-ring (bicyclic) bond motifs is 4. The number of rotatable bonds is 4. The van der Waals surface area contributed by atoms with Gasteiger partial charge in [-0.1, -0.05) is 12.1 Å². The number of hydrogen-bond acceptors (Lipinski definition) is 8. The van der Waals surface area contributed by atoms with Crippen LogP contribution in [-0.2, 0) is 12.8 Å². The summed E-state index contributed by atoms with van der Waals surface area (Å²) in [5.41, 5.74) is 14.0. The smallest absolute Gasteiger partial charge is 0.217 e. The van der Waals surface area contributed by atoms with Crippen molar-refractivity contribution in [1.29, 1.82) is 0 Å². The highest BCUT2D eigenvalue weighted by Gasteiger charge is 2.34. The maximum atomic E-state index is 6.22. The van der Waals surface area contributed by atoms with Crippen LogP contribution in [0.1, 0.15) is 16.7 Å². The van der Waals surface area contributed by atoms with E-state index in [1.165, 1.54) is 11.1 Å². The van der Waals surface area contributed by atoms with Gasteiger partial charge in [-0.25, -0.2) is 15.0 Å². The van der Waals surface area contributed by atoms with Gasteiger partial charge in [-0.3, -0.25) is 4.90 Å². The Morgan fingerprint density at radius 1 is 1.10 bits per heavy atom. The minimum atomic E-state index is -0.0818. The van der Waals surface area contributed by atoms with Crippen molar-refractivity contribution in [3.63, 3.8) is 0 Å². The number of methoxy groups -OCH3 is 2. The summed E-state index contributed by atoms with van der Waals surface area (Å²) >= 11 is 0. The summed E-state index contributed by atoms with van der Waals surface area (Å²) in [6.07, 6.45) is 1.95. The van der Waals surface area contributed by atoms with Gasteiger partial charge in [0, 0.05) is 25.2 Å². The van der Waals surface area contributed by atoms with Crippen LogP contribution in [0.15, 0.2) is 46.4 Å². The highest BCUT2D eigenvalue weighted by atomic mass is 16.5. The Morgan fingerprint density at radius 3 is 2.73 bits per heavy atom. The van der Waals surface area contributed by atoms with Gasteiger partial charge in [0.1, 0.15) is 23.4 Å². The van der Waals surface area contributed by atoms with Crippen molar-refractivity contribution in [3.8, 4) is 11.5 Å². The summed E-state index contributed by atoms with van der Waals surface area (Å²) in [7, 11) is 3.35. The molecule has 0 fully saturated rings. The number of aliphatic imine (C=N–C) groups is 2. The number of hydrazine groups is 1. The average Bonchev–Trinajstić information content (AvgIpc) is 3.10. The maximum Gasteiger partial charge on any atom is 0.217 e. The zero-order chi connectivity index (χ0) is 20.7. The largest absolute Gasteiger partial charge is 0.497 e. The summed E-state index contributed by atoms with van der Waals surface area (Å²) < 4.78 is 10.8. The minimum Gasteiger partial charge on any atom is -0.497 e. The Hall–Kier alpha value is -3.10. The van der Waals surface area contributed by atoms with Crippen LogP contribution in [-0.4, -0.2) is 61.7 Å². The number of hydrogen-bond donors (Lipinski definition) is 2. The Bertz CT molecular complexity index is 1030. The van der Waals surface area contributed by atoms with Crippen LogP contribution in [0.4, 0.5) is 5.69 Å². The highest BCUT2D eigenvalue weighted by molar-refractivity contribution is 6.15. The Kier molecular flexibility index (Phi) is 4.80. The lowest BCUT2D eigenvalue weighted by Gasteiger charge is -2.27. The molecular formula is C22H26N6O2. The fourth-order valence-electron chi connectivity index (χ4n) is 4.34. The van der Waals surface area contributed by atoms with Crippen molar-refractivity contribution in [2.45, 2.75) is 19.0 Å². The fraction of sp³-hybridized carbons (Fsp3) is 0.364. The number of nitrogens with one attached hydrogen (secondary N) is 1. The number of guanidine groups is 1. The molecule has 1 unspecified atom stereocenters. The number of nitrogens with zero attached hydrogens (tertiary/aromatic N) is 4. The lowest BCUT2D eigenvalue weighted by molar-refractivity contribution is 0.241. The second-order valence-electron chi connectivity index (χ2n) is 7.69. The molecule has 0 saturated carbocycles. The monoisotopic (exact) mass is 406 g/mol. The van der Waals surface area contributed by atoms with Crippen LogP contribution >= 0.6 is 0 Å². The number of ether oxygens (including phenoxy) is 2. The number of amidine groups is 1. The number of nitrogens with two attached hydrogens (primary N) is 1. The first-order valence-electron chi connectivity index (χ1n) is 10.2. The van der Waals surface area contributed by atoms with Crippen molar-refractivity contribution in [2.24, 2.45) is 15.7 Å². The Labute approximate surface area is 176 Å². The molecule has 3 N–H and O–H groups in total. The molecular weight excluding hydrogens is 380 g/mol. The summed E-state index contributed by atoms with van der Waals surface area (Å²) in [6, 6.07) is 12.2. The second kappa shape index (κ2) is 7.62. The van der Waals surface area contributed by atoms with Crippen molar-refractivity contribution >= 4 is 17.5 Å². The molecule has 1 atom stereocenters. The van der Waals surface area contributed by atoms with E-state index >= 15 is 0 Å². The quantitative estimate of drug-likeness (QED) is 0.803. The molecule has 0 radical (unpaired) electrons. The van der Waals surface area contributed by atoms with E-state index in [1.807, 2.05) is 24.3 Å². The molecule has 2 aromatic carbocycles. The molecule has 0 amide bonds. The molecule has 3 aliphatic rings. The van der Waals surface area contributed by atoms with Gasteiger partial charge in [0.25, 0.3) is 0 Å². The van der Waals surface area contributed by atoms with Gasteiger partial charge in [0.2, 0.25) is 5.96 Å². The van der Waals surface area contributed by atoms with E-state index < -0.39 is 0 Å². The molecule has 0 aromatic heterocycles. The van der Waals surface area contributed by atoms with Crippen molar-refractivity contribution in [2.75, 3.05) is 33.9 Å². The van der Waals surface area contributed by atoms with Gasteiger partial charge in [0.05, 0.1) is 14.2 Å². The lowest BCUT2D eigenvalue weighted by Crippen LogP contribution is -2.52. The van der Waals surface area contributed by atoms with E-state index in [2.05, 4.69) is 27.5 Å². The van der Waals surface area contributed by atoms with Crippen molar-refractivity contribution < 1.29 is 9.47 Å². The van der Waals surface area contributed by atoms with Crippen molar-refractivity contribution in [1.82, 2.24) is 15.3 Å². The molecule has 0 saturated heterocycles. The zero-order valence-electron chi connectivity index (χ0n) is 17.3. The maximum absolute atomic E-state index is 6.22. The molecule has 3 aliphatic heterocycles. The highest BCUT2D eigenvalue weighted by Crippen LogP contribution is 2.36. The van der Waals surface area contributed by atoms with Crippen LogP contribution in [0.3, 0.4) is 0 Å². The van der Waals surface area contributed by atoms with Gasteiger partial charge in [-0.15, -0.1) is 0 Å². The van der Waals surface area contributed by atoms with Gasteiger partial charge < -0.3 is 15.2 Å². The van der Waals surface area contributed by atoms with Crippen LogP contribution < -0.4 is 20.6 Å². The third-order valence-electron chi connectivity index (χ3n) is 5.92. The first-order chi connectivity index (χ1) is 14.7. The molecule has 2 aromatic rings. The average molecular weight is 406 g/mol. The predicted molar refractivity (Wildman–Crippen MR) is 116 cm³/mol. The summed E-state index contributed by atoms with van der Waals surface area (Å²) in [6.45, 7) is 2.78. The summed E-state index contributed by atoms with van der Waals surface area (Å²) in [4.78, 5) is 11.9. The molecule has 156 valence electrons. The van der Waals surface area contributed by atoms with Crippen LogP contribution in [0.5, 0.6) is 11.5 Å². The van der Waals surface area contributed by atoms with Crippen LogP contribution in [0.25, 0.3) is 0 Å². The third-order valence-corrected chi connectivity index (χ3v) is 5.92. The van der Waals surface area contributed by atoms with Crippen molar-refractivity contribution in [3.05, 3.63) is 53.1 Å². The molecule has 0 aliphatic carbocycles. The second-order valence-corrected chi connectivity index (χ2v) is 7.69. The Morgan fingerprint density at radius 2 is 1.93 bits per heavy atom. The van der Waals surface area contributed by atoms with E-state index in [0.717, 1.165) is 55.3 Å². The molecule has 5 rings (SSSR count). The number of benzene rings is 2. The lowest BCUT2D eigenvalue weighted by atomic mass is 10.0. The normalized spacial score (nSPS) is 20.5. The van der Waals surface area contributed by atoms with E-state index in [9.17, 15) is 0 Å². The molecule has 8 heteroatoms. The zero-order valence-corrected chi connectivity index (χ0v) is 17.3. The molecule has 8 nitrogen and oxygen atoms in total. The first kappa shape index (κ1) is 18.9. The molecule has 3 heterocycles. The van der Waals surface area contributed by atoms with Crippen LogP contribution in [0, 0.1) is 0 Å². The van der Waals surface area contributed by atoms with E-state index in [-0.39, 0.29) is 6.17 Å². The van der Waals surface area contributed by atoms with Crippen LogP contribution in [0.2, 0.25) is 0 Å². The number of para-hydroxylation sites is 1. The van der Waals surface area contributed by atoms with Gasteiger partial charge in [0.15, 0.2) is 5.84 Å². The molecule has 30 heavy (non-hydrogen) atoms. The standard InChI is InChI=1S/C22H26N6O2/c1-29-16-7-6-14-8-10-27(11-9-15(14)12-16)13-19-24-21-17-4-3-5-18(30-2)20(17)25-22(23)28(21)26-19/h3-7,12,19,26H,8-11,13H2,1-2H3,(H2,23,25). The SMILES string of the molecule is COc1ccc2c(c1)CCN(CC1N=C3c4cccc(OC)c4N=C(N)N3N1)CC2. The van der Waals surface area contributed by atoms with E-state index in [1.54, 1.807) is 19.2 Å².